The summed E-state index contributed by atoms with van der Waals surface area (Å²) in [6, 6.07) is 8.94. The summed E-state index contributed by atoms with van der Waals surface area (Å²) in [5.41, 5.74) is 5.18. The van der Waals surface area contributed by atoms with E-state index in [0.29, 0.717) is 0 Å². The molecule has 114 valence electrons. The number of nitrogens with one attached hydrogen (secondary N) is 1. The van der Waals surface area contributed by atoms with E-state index in [9.17, 15) is 0 Å². The van der Waals surface area contributed by atoms with Crippen molar-refractivity contribution in [2.45, 2.75) is 65.7 Å². The summed E-state index contributed by atoms with van der Waals surface area (Å²) in [7, 11) is 0. The molecule has 1 aromatic heterocycles. The Morgan fingerprint density at radius 1 is 0.810 bits per heavy atom. The van der Waals surface area contributed by atoms with Crippen molar-refractivity contribution >= 4 is 0 Å². The van der Waals surface area contributed by atoms with Gasteiger partial charge in [-0.15, -0.1) is 0 Å². The molecule has 0 unspecified atom stereocenters. The molecule has 0 fully saturated rings. The van der Waals surface area contributed by atoms with Crippen LogP contribution in [0.4, 0.5) is 0 Å². The largest absolute Gasteiger partial charge is 0.346 e. The number of aromatic amines is 1. The fourth-order valence-corrected chi connectivity index (χ4v) is 2.65. The third-order valence-corrected chi connectivity index (χ3v) is 4.18. The summed E-state index contributed by atoms with van der Waals surface area (Å²) >= 11 is 0. The van der Waals surface area contributed by atoms with Gasteiger partial charge in [0.15, 0.2) is 0 Å². The predicted molar refractivity (Wildman–Crippen MR) is 89.7 cm³/mol. The predicted octanol–water partition coefficient (Wildman–Crippen LogP) is 5.07. The van der Waals surface area contributed by atoms with E-state index in [1.165, 1.54) is 55.3 Å². The quantitative estimate of drug-likeness (QED) is 0.673. The van der Waals surface area contributed by atoms with Crippen LogP contribution in [0.25, 0.3) is 0 Å². The summed E-state index contributed by atoms with van der Waals surface area (Å²) < 4.78 is 0. The van der Waals surface area contributed by atoms with Gasteiger partial charge < -0.3 is 4.98 Å². The first-order chi connectivity index (χ1) is 10.1. The highest BCUT2D eigenvalue weighted by molar-refractivity contribution is 5.21. The topological polar surface area (TPSA) is 28.7 Å². The zero-order chi connectivity index (χ0) is 15.1. The maximum absolute atomic E-state index is 4.54. The molecule has 1 heterocycles. The van der Waals surface area contributed by atoms with Crippen molar-refractivity contribution in [1.29, 1.82) is 0 Å². The minimum absolute atomic E-state index is 1.09. The first kappa shape index (κ1) is 15.8. The van der Waals surface area contributed by atoms with Gasteiger partial charge in [-0.1, -0.05) is 49.1 Å². The fraction of sp³-hybridized carbons (Fsp3) is 0.526. The molecule has 0 amide bonds. The van der Waals surface area contributed by atoms with Crippen molar-refractivity contribution in [3.05, 3.63) is 52.6 Å². The van der Waals surface area contributed by atoms with Crippen molar-refractivity contribution in [3.63, 3.8) is 0 Å². The van der Waals surface area contributed by atoms with Crippen molar-refractivity contribution in [3.8, 4) is 0 Å². The van der Waals surface area contributed by atoms with Gasteiger partial charge in [0.25, 0.3) is 0 Å². The van der Waals surface area contributed by atoms with Gasteiger partial charge in [0.2, 0.25) is 0 Å². The fourth-order valence-electron chi connectivity index (χ4n) is 2.65. The number of aromatic nitrogens is 2. The monoisotopic (exact) mass is 284 g/mol. The van der Waals surface area contributed by atoms with Crippen molar-refractivity contribution in [2.24, 2.45) is 0 Å². The number of aryl methyl sites for hydroxylation is 5. The molecule has 21 heavy (non-hydrogen) atoms. The minimum Gasteiger partial charge on any atom is -0.346 e. The maximum Gasteiger partial charge on any atom is 0.106 e. The third-order valence-electron chi connectivity index (χ3n) is 4.18. The van der Waals surface area contributed by atoms with E-state index in [0.717, 1.165) is 17.9 Å². The van der Waals surface area contributed by atoms with Gasteiger partial charge in [0.1, 0.15) is 5.82 Å². The van der Waals surface area contributed by atoms with Crippen molar-refractivity contribution in [2.75, 3.05) is 0 Å². The van der Waals surface area contributed by atoms with E-state index in [4.69, 9.17) is 0 Å². The molecule has 0 aliphatic heterocycles. The van der Waals surface area contributed by atoms with E-state index < -0.39 is 0 Å². The highest BCUT2D eigenvalue weighted by atomic mass is 14.9. The van der Waals surface area contributed by atoms with Crippen LogP contribution in [0.3, 0.4) is 0 Å². The smallest absolute Gasteiger partial charge is 0.106 e. The Labute approximate surface area is 129 Å². The highest BCUT2D eigenvalue weighted by Gasteiger charge is 2.01. The number of rotatable bonds is 8. The summed E-state index contributed by atoms with van der Waals surface area (Å²) in [6.45, 7) is 6.31. The number of imidazole rings is 1. The SMILES string of the molecule is Cc1ccc(CCCCCCCc2nc(C)c(C)[nH]2)cc1. The van der Waals surface area contributed by atoms with E-state index in [-0.39, 0.29) is 0 Å². The lowest BCUT2D eigenvalue weighted by atomic mass is 10.0. The summed E-state index contributed by atoms with van der Waals surface area (Å²) in [6.07, 6.45) is 8.85. The molecular formula is C19H28N2. The van der Waals surface area contributed by atoms with Crippen molar-refractivity contribution in [1.82, 2.24) is 9.97 Å². The molecule has 1 aromatic carbocycles. The van der Waals surface area contributed by atoms with Crippen LogP contribution < -0.4 is 0 Å². The second-order valence-corrected chi connectivity index (χ2v) is 6.15. The van der Waals surface area contributed by atoms with Gasteiger partial charge >= 0.3 is 0 Å². The van der Waals surface area contributed by atoms with Crippen LogP contribution in [0.2, 0.25) is 0 Å². The Morgan fingerprint density at radius 2 is 1.43 bits per heavy atom. The van der Waals surface area contributed by atoms with Crippen LogP contribution in [-0.2, 0) is 12.8 Å². The molecule has 1 N–H and O–H groups in total. The van der Waals surface area contributed by atoms with E-state index in [1.807, 2.05) is 0 Å². The number of unbranched alkanes of at least 4 members (excludes halogenated alkanes) is 4. The van der Waals surface area contributed by atoms with E-state index in [2.05, 4.69) is 55.0 Å². The second kappa shape index (κ2) is 8.02. The van der Waals surface area contributed by atoms with Gasteiger partial charge in [0.05, 0.1) is 5.69 Å². The highest BCUT2D eigenvalue weighted by Crippen LogP contribution is 2.12. The molecule has 0 saturated carbocycles. The molecular weight excluding hydrogens is 256 g/mol. The molecule has 0 atom stereocenters. The van der Waals surface area contributed by atoms with E-state index in [1.54, 1.807) is 0 Å². The van der Waals surface area contributed by atoms with Gasteiger partial charge in [-0.2, -0.15) is 0 Å². The average Bonchev–Trinajstić information content (AvgIpc) is 2.78. The molecule has 2 aromatic rings. The second-order valence-electron chi connectivity index (χ2n) is 6.15. The summed E-state index contributed by atoms with van der Waals surface area (Å²) in [4.78, 5) is 7.90. The van der Waals surface area contributed by atoms with E-state index >= 15 is 0 Å². The molecule has 0 saturated heterocycles. The summed E-state index contributed by atoms with van der Waals surface area (Å²) in [5, 5.41) is 0. The van der Waals surface area contributed by atoms with Crippen LogP contribution in [0.5, 0.6) is 0 Å². The first-order valence-corrected chi connectivity index (χ1v) is 8.23. The molecule has 2 rings (SSSR count). The molecule has 0 spiro atoms. The van der Waals surface area contributed by atoms with Crippen LogP contribution >= 0.6 is 0 Å². The number of nitrogens with zero attached hydrogens (tertiary/aromatic N) is 1. The van der Waals surface area contributed by atoms with Crippen LogP contribution in [0.15, 0.2) is 24.3 Å². The molecule has 0 aliphatic carbocycles. The number of hydrogen-bond donors (Lipinski definition) is 1. The standard InChI is InChI=1S/C19H28N2/c1-15-11-13-18(14-12-15)9-7-5-4-6-8-10-19-20-16(2)17(3)21-19/h11-14H,4-10H2,1-3H3,(H,20,21). The lowest BCUT2D eigenvalue weighted by Crippen LogP contribution is -1.90. The van der Waals surface area contributed by atoms with Crippen LogP contribution in [-0.4, -0.2) is 9.97 Å². The number of H-pyrrole nitrogens is 1. The zero-order valence-corrected chi connectivity index (χ0v) is 13.7. The van der Waals surface area contributed by atoms with Crippen molar-refractivity contribution < 1.29 is 0 Å². The van der Waals surface area contributed by atoms with Crippen LogP contribution in [0, 0.1) is 20.8 Å². The number of hydrogen-bond acceptors (Lipinski definition) is 1. The zero-order valence-electron chi connectivity index (χ0n) is 13.7. The molecule has 0 radical (unpaired) electrons. The molecule has 2 nitrogen and oxygen atoms in total. The van der Waals surface area contributed by atoms with Crippen LogP contribution in [0.1, 0.15) is 60.4 Å². The lowest BCUT2D eigenvalue weighted by molar-refractivity contribution is 0.607. The Hall–Kier alpha value is -1.57. The molecule has 0 bridgehead atoms. The van der Waals surface area contributed by atoms with Gasteiger partial charge in [-0.25, -0.2) is 4.98 Å². The Bertz CT molecular complexity index is 518. The average molecular weight is 284 g/mol. The Morgan fingerprint density at radius 3 is 2.05 bits per heavy atom. The molecule has 0 aliphatic rings. The van der Waals surface area contributed by atoms with Gasteiger partial charge in [0, 0.05) is 12.1 Å². The van der Waals surface area contributed by atoms with Gasteiger partial charge in [-0.3, -0.25) is 0 Å². The summed E-state index contributed by atoms with van der Waals surface area (Å²) in [5.74, 6) is 1.16. The Kier molecular flexibility index (Phi) is 6.04. The maximum atomic E-state index is 4.54. The van der Waals surface area contributed by atoms with Gasteiger partial charge in [-0.05, 0) is 45.6 Å². The Balaban J connectivity index is 1.53. The molecule has 2 heteroatoms. The number of benzene rings is 1. The normalized spacial score (nSPS) is 11.0. The first-order valence-electron chi connectivity index (χ1n) is 8.23. The third kappa shape index (κ3) is 5.37. The lowest BCUT2D eigenvalue weighted by Gasteiger charge is -2.03. The minimum atomic E-state index is 1.09.